The van der Waals surface area contributed by atoms with Crippen molar-refractivity contribution in [1.82, 2.24) is 10.2 Å². The minimum Gasteiger partial charge on any atom is -0.444 e. The van der Waals surface area contributed by atoms with Crippen LogP contribution in [-0.4, -0.2) is 41.9 Å². The molecule has 0 bridgehead atoms. The van der Waals surface area contributed by atoms with E-state index < -0.39 is 11.7 Å². The van der Waals surface area contributed by atoms with E-state index in [9.17, 15) is 4.79 Å². The van der Waals surface area contributed by atoms with E-state index in [1.165, 1.54) is 11.8 Å². The second kappa shape index (κ2) is 10.5. The van der Waals surface area contributed by atoms with E-state index in [0.29, 0.717) is 18.3 Å². The van der Waals surface area contributed by atoms with Crippen molar-refractivity contribution in [3.63, 3.8) is 0 Å². The van der Waals surface area contributed by atoms with Gasteiger partial charge >= 0.3 is 6.09 Å². The second-order valence-electron chi connectivity index (χ2n) is 9.38. The summed E-state index contributed by atoms with van der Waals surface area (Å²) < 4.78 is 5.31. The lowest BCUT2D eigenvalue weighted by molar-refractivity contribution is 0.0523. The van der Waals surface area contributed by atoms with Gasteiger partial charge in [-0.1, -0.05) is 24.3 Å². The summed E-state index contributed by atoms with van der Waals surface area (Å²) in [5.74, 6) is 0. The van der Waals surface area contributed by atoms with Crippen LogP contribution >= 0.6 is 0 Å². The molecule has 1 saturated heterocycles. The molecule has 7 nitrogen and oxygen atoms in total. The Labute approximate surface area is 190 Å². The van der Waals surface area contributed by atoms with Gasteiger partial charge in [-0.15, -0.1) is 0 Å². The summed E-state index contributed by atoms with van der Waals surface area (Å²) in [4.78, 5) is 14.4. The molecule has 32 heavy (non-hydrogen) atoms. The third-order valence-corrected chi connectivity index (χ3v) is 5.35. The van der Waals surface area contributed by atoms with Crippen LogP contribution in [-0.2, 0) is 17.8 Å². The summed E-state index contributed by atoms with van der Waals surface area (Å²) in [6, 6.07) is 14.4. The lowest BCUT2D eigenvalue weighted by Gasteiger charge is -2.34. The largest absolute Gasteiger partial charge is 0.444 e. The highest BCUT2D eigenvalue weighted by atomic mass is 16.6. The highest BCUT2D eigenvalue weighted by molar-refractivity contribution is 5.86. The molecule has 1 aliphatic heterocycles. The fourth-order valence-electron chi connectivity index (χ4n) is 3.93. The zero-order chi connectivity index (χ0) is 23.1. The molecule has 1 atom stereocenters. The number of nitrogens with zero attached hydrogens (tertiary/aromatic N) is 1. The topological polar surface area (TPSA) is 103 Å². The number of carbonyl (C=O) groups is 1. The van der Waals surface area contributed by atoms with Gasteiger partial charge in [-0.25, -0.2) is 4.79 Å². The van der Waals surface area contributed by atoms with Crippen LogP contribution in [0.3, 0.4) is 0 Å². The molecule has 7 heteroatoms. The maximum atomic E-state index is 11.9. The van der Waals surface area contributed by atoms with Crippen molar-refractivity contribution in [3.05, 3.63) is 59.2 Å². The van der Waals surface area contributed by atoms with Crippen LogP contribution in [0.5, 0.6) is 0 Å². The van der Waals surface area contributed by atoms with Crippen molar-refractivity contribution in [2.45, 2.75) is 58.3 Å². The highest BCUT2D eigenvalue weighted by Gasteiger charge is 2.20. The Kier molecular flexibility index (Phi) is 7.75. The zero-order valence-electron chi connectivity index (χ0n) is 19.3. The van der Waals surface area contributed by atoms with Crippen LogP contribution in [0.2, 0.25) is 0 Å². The van der Waals surface area contributed by atoms with Crippen LogP contribution < -0.4 is 16.4 Å². The normalized spacial score (nSPS) is 16.9. The van der Waals surface area contributed by atoms with Gasteiger partial charge in [0, 0.05) is 48.8 Å². The van der Waals surface area contributed by atoms with E-state index in [1.807, 2.05) is 51.1 Å². The molecule has 0 saturated carbocycles. The fourth-order valence-corrected chi connectivity index (χ4v) is 3.93. The number of alkyl carbamates (subject to hydrolysis) is 1. The Morgan fingerprint density at radius 2 is 2.03 bits per heavy atom. The van der Waals surface area contributed by atoms with E-state index in [2.05, 4.69) is 27.7 Å². The van der Waals surface area contributed by atoms with Crippen LogP contribution in [0.15, 0.2) is 42.5 Å². The van der Waals surface area contributed by atoms with Crippen molar-refractivity contribution in [1.29, 1.82) is 5.41 Å². The van der Waals surface area contributed by atoms with Crippen molar-refractivity contribution in [2.75, 3.05) is 24.1 Å². The number of nitrogens with two attached hydrogens (primary N) is 1. The number of nitrogens with one attached hydrogen (secondary N) is 3. The molecule has 172 valence electrons. The van der Waals surface area contributed by atoms with E-state index in [0.717, 1.165) is 49.3 Å². The number of benzene rings is 2. The van der Waals surface area contributed by atoms with Crippen LogP contribution in [0.4, 0.5) is 16.2 Å². The third-order valence-electron chi connectivity index (χ3n) is 5.35. The number of amides is 1. The number of rotatable bonds is 7. The first-order valence-electron chi connectivity index (χ1n) is 11.2. The molecular formula is C25H35N5O2. The molecule has 0 aromatic heterocycles. The zero-order valence-corrected chi connectivity index (χ0v) is 19.3. The van der Waals surface area contributed by atoms with Crippen LogP contribution in [0, 0.1) is 5.41 Å². The SMILES string of the molecule is CC(C)(C)OC(=O)NCc1cccc(CN2CCCC(Nc3ccc(N)c(C=N)c3)C2)c1. The van der Waals surface area contributed by atoms with E-state index in [-0.39, 0.29) is 0 Å². The maximum absolute atomic E-state index is 11.9. The summed E-state index contributed by atoms with van der Waals surface area (Å²) in [5, 5.41) is 13.9. The molecule has 1 fully saturated rings. The number of anilines is 2. The summed E-state index contributed by atoms with van der Waals surface area (Å²) in [6.45, 7) is 8.89. The molecule has 3 rings (SSSR count). The molecule has 1 heterocycles. The Morgan fingerprint density at radius 3 is 2.78 bits per heavy atom. The summed E-state index contributed by atoms with van der Waals surface area (Å²) in [6.07, 6.45) is 3.13. The smallest absolute Gasteiger partial charge is 0.407 e. The number of likely N-dealkylation sites (tertiary alicyclic amines) is 1. The van der Waals surface area contributed by atoms with Gasteiger partial charge < -0.3 is 26.5 Å². The minimum absolute atomic E-state index is 0.350. The lowest BCUT2D eigenvalue weighted by atomic mass is 10.0. The molecule has 1 unspecified atom stereocenters. The number of carbonyl (C=O) groups excluding carboxylic acids is 1. The number of ether oxygens (including phenoxy) is 1. The number of nitrogen functional groups attached to an aromatic ring is 1. The Balaban J connectivity index is 1.54. The minimum atomic E-state index is -0.502. The third kappa shape index (κ3) is 7.27. The molecule has 2 aromatic rings. The summed E-state index contributed by atoms with van der Waals surface area (Å²) in [7, 11) is 0. The molecule has 0 aliphatic carbocycles. The van der Waals surface area contributed by atoms with Crippen molar-refractivity contribution < 1.29 is 9.53 Å². The summed E-state index contributed by atoms with van der Waals surface area (Å²) >= 11 is 0. The summed E-state index contributed by atoms with van der Waals surface area (Å²) in [5.41, 5.74) is 10.0. The average molecular weight is 438 g/mol. The first-order valence-corrected chi connectivity index (χ1v) is 11.2. The van der Waals surface area contributed by atoms with Crippen LogP contribution in [0.25, 0.3) is 0 Å². The van der Waals surface area contributed by atoms with Gasteiger partial charge in [0.25, 0.3) is 0 Å². The van der Waals surface area contributed by atoms with Gasteiger partial charge in [0.2, 0.25) is 0 Å². The molecule has 1 aliphatic rings. The van der Waals surface area contributed by atoms with Crippen molar-refractivity contribution in [3.8, 4) is 0 Å². The predicted octanol–water partition coefficient (Wildman–Crippen LogP) is 4.37. The average Bonchev–Trinajstić information content (AvgIpc) is 2.73. The quantitative estimate of drug-likeness (QED) is 0.380. The van der Waals surface area contributed by atoms with Crippen molar-refractivity contribution in [2.24, 2.45) is 0 Å². The molecule has 2 aromatic carbocycles. The van der Waals surface area contributed by atoms with Gasteiger partial charge in [0.15, 0.2) is 0 Å². The molecule has 0 spiro atoms. The lowest BCUT2D eigenvalue weighted by Crippen LogP contribution is -2.41. The number of piperidine rings is 1. The molecule has 5 N–H and O–H groups in total. The van der Waals surface area contributed by atoms with E-state index >= 15 is 0 Å². The Bertz CT molecular complexity index is 938. The number of hydrogen-bond donors (Lipinski definition) is 4. The van der Waals surface area contributed by atoms with Gasteiger partial charge in [-0.05, 0) is 69.5 Å². The van der Waals surface area contributed by atoms with Gasteiger partial charge in [0.1, 0.15) is 5.60 Å². The Hall–Kier alpha value is -3.06. The monoisotopic (exact) mass is 437 g/mol. The standard InChI is InChI=1S/C25H35N5O2/c1-25(2,3)32-24(31)28-15-18-6-4-7-19(12-18)16-30-11-5-8-22(17-30)29-21-9-10-23(27)20(13-21)14-26/h4,6-7,9-10,12-14,22,26,29H,5,8,11,15-17,27H2,1-3H3,(H,28,31). The van der Waals surface area contributed by atoms with Crippen LogP contribution in [0.1, 0.15) is 50.3 Å². The molecule has 0 radical (unpaired) electrons. The predicted molar refractivity (Wildman–Crippen MR) is 130 cm³/mol. The van der Waals surface area contributed by atoms with E-state index in [4.69, 9.17) is 15.9 Å². The number of hydrogen-bond acceptors (Lipinski definition) is 6. The first-order chi connectivity index (χ1) is 15.2. The molecule has 1 amide bonds. The Morgan fingerprint density at radius 1 is 1.25 bits per heavy atom. The van der Waals surface area contributed by atoms with Gasteiger partial charge in [-0.2, -0.15) is 0 Å². The first kappa shape index (κ1) is 23.6. The maximum Gasteiger partial charge on any atom is 0.407 e. The van der Waals surface area contributed by atoms with Crippen molar-refractivity contribution >= 4 is 23.7 Å². The van der Waals surface area contributed by atoms with Gasteiger partial charge in [-0.3, -0.25) is 4.90 Å². The van der Waals surface area contributed by atoms with E-state index in [1.54, 1.807) is 0 Å². The second-order valence-corrected chi connectivity index (χ2v) is 9.38. The fraction of sp³-hybridized carbons (Fsp3) is 0.440. The highest BCUT2D eigenvalue weighted by Crippen LogP contribution is 2.21. The van der Waals surface area contributed by atoms with Gasteiger partial charge in [0.05, 0.1) is 0 Å². The molecular weight excluding hydrogens is 402 g/mol.